The minimum absolute atomic E-state index is 0.169. The second-order valence-corrected chi connectivity index (χ2v) is 7.10. The first-order valence-corrected chi connectivity index (χ1v) is 8.61. The summed E-state index contributed by atoms with van der Waals surface area (Å²) in [5.41, 5.74) is 6.93. The van der Waals surface area contributed by atoms with Crippen LogP contribution in [0, 0.1) is 0 Å². The van der Waals surface area contributed by atoms with E-state index in [9.17, 15) is 0 Å². The lowest BCUT2D eigenvalue weighted by Gasteiger charge is -2.08. The molecule has 0 saturated heterocycles. The van der Waals surface area contributed by atoms with E-state index in [-0.39, 0.29) is 6.04 Å². The van der Waals surface area contributed by atoms with E-state index in [4.69, 9.17) is 21.8 Å². The number of benzene rings is 2. The van der Waals surface area contributed by atoms with Gasteiger partial charge in [-0.1, -0.05) is 45.7 Å². The van der Waals surface area contributed by atoms with Gasteiger partial charge in [-0.05, 0) is 30.3 Å². The van der Waals surface area contributed by atoms with Crippen molar-refractivity contribution in [2.45, 2.75) is 10.9 Å². The number of para-hydroxylation sites is 1. The quantitative estimate of drug-likeness (QED) is 0.593. The second-order valence-electron chi connectivity index (χ2n) is 4.68. The number of nitrogens with two attached hydrogens (primary N) is 1. The molecular weight excluding hydrogens is 370 g/mol. The zero-order valence-electron chi connectivity index (χ0n) is 11.1. The number of rotatable bonds is 4. The highest BCUT2D eigenvalue weighted by Gasteiger charge is 2.14. The minimum atomic E-state index is -0.169. The molecule has 0 radical (unpaired) electrons. The summed E-state index contributed by atoms with van der Waals surface area (Å²) in [6.07, 6.45) is 0. The van der Waals surface area contributed by atoms with Crippen LogP contribution in [-0.2, 0) is 0 Å². The number of furan rings is 1. The Kier molecular flexibility index (Phi) is 4.60. The average molecular weight is 383 g/mol. The molecule has 1 atom stereocenters. The molecule has 2 aromatic carbocycles. The fourth-order valence-corrected chi connectivity index (χ4v) is 3.75. The van der Waals surface area contributed by atoms with Crippen molar-refractivity contribution in [2.24, 2.45) is 5.73 Å². The van der Waals surface area contributed by atoms with Gasteiger partial charge >= 0.3 is 0 Å². The van der Waals surface area contributed by atoms with Crippen molar-refractivity contribution in [3.05, 3.63) is 63.8 Å². The standard InChI is InChI=1S/C16H13BrClNOS/c17-11-4-2-5-12(8-11)21-9-14(19)15-7-10-3-1-6-13(18)16(10)20-15/h1-8,14H,9,19H2. The van der Waals surface area contributed by atoms with E-state index in [2.05, 4.69) is 28.1 Å². The van der Waals surface area contributed by atoms with E-state index in [1.807, 2.05) is 36.4 Å². The fraction of sp³-hybridized carbons (Fsp3) is 0.125. The maximum atomic E-state index is 6.23. The molecule has 0 spiro atoms. The lowest BCUT2D eigenvalue weighted by atomic mass is 10.2. The summed E-state index contributed by atoms with van der Waals surface area (Å²) in [4.78, 5) is 1.17. The molecule has 0 aliphatic rings. The van der Waals surface area contributed by atoms with Gasteiger partial charge in [0.05, 0.1) is 11.1 Å². The van der Waals surface area contributed by atoms with Crippen LogP contribution in [0.5, 0.6) is 0 Å². The highest BCUT2D eigenvalue weighted by molar-refractivity contribution is 9.10. The van der Waals surface area contributed by atoms with Crippen molar-refractivity contribution in [1.82, 2.24) is 0 Å². The van der Waals surface area contributed by atoms with Crippen LogP contribution in [0.1, 0.15) is 11.8 Å². The van der Waals surface area contributed by atoms with Crippen LogP contribution in [0.4, 0.5) is 0 Å². The molecule has 0 bridgehead atoms. The van der Waals surface area contributed by atoms with Crippen molar-refractivity contribution in [3.8, 4) is 0 Å². The van der Waals surface area contributed by atoms with Crippen LogP contribution in [-0.4, -0.2) is 5.75 Å². The minimum Gasteiger partial charge on any atom is -0.458 e. The molecule has 5 heteroatoms. The average Bonchev–Trinajstić information content (AvgIpc) is 2.90. The predicted molar refractivity (Wildman–Crippen MR) is 93.0 cm³/mol. The SMILES string of the molecule is NC(CSc1cccc(Br)c1)c1cc2cccc(Cl)c2o1. The van der Waals surface area contributed by atoms with Crippen molar-refractivity contribution in [3.63, 3.8) is 0 Å². The zero-order chi connectivity index (χ0) is 14.8. The van der Waals surface area contributed by atoms with Crippen LogP contribution in [0.15, 0.2) is 62.3 Å². The van der Waals surface area contributed by atoms with Gasteiger partial charge in [0.25, 0.3) is 0 Å². The fourth-order valence-electron chi connectivity index (χ4n) is 2.06. The summed E-state index contributed by atoms with van der Waals surface area (Å²) in [6.45, 7) is 0. The van der Waals surface area contributed by atoms with Gasteiger partial charge in [-0.3, -0.25) is 0 Å². The van der Waals surface area contributed by atoms with Crippen LogP contribution in [0.3, 0.4) is 0 Å². The number of hydrogen-bond acceptors (Lipinski definition) is 3. The highest BCUT2D eigenvalue weighted by Crippen LogP contribution is 2.31. The van der Waals surface area contributed by atoms with E-state index >= 15 is 0 Å². The molecule has 21 heavy (non-hydrogen) atoms. The largest absolute Gasteiger partial charge is 0.458 e. The zero-order valence-corrected chi connectivity index (χ0v) is 14.2. The Labute approximate surface area is 140 Å². The molecule has 108 valence electrons. The predicted octanol–water partition coefficient (Wildman–Crippen LogP) is 5.64. The number of thioether (sulfide) groups is 1. The molecule has 0 saturated carbocycles. The van der Waals surface area contributed by atoms with Gasteiger partial charge in [-0.2, -0.15) is 0 Å². The molecule has 0 aliphatic carbocycles. The van der Waals surface area contributed by atoms with Crippen molar-refractivity contribution < 1.29 is 4.42 Å². The molecule has 2 N–H and O–H groups in total. The van der Waals surface area contributed by atoms with Gasteiger partial charge in [0, 0.05) is 20.5 Å². The third kappa shape index (κ3) is 3.46. The van der Waals surface area contributed by atoms with Gasteiger partial charge in [-0.25, -0.2) is 0 Å². The molecule has 0 fully saturated rings. The summed E-state index contributed by atoms with van der Waals surface area (Å²) in [6, 6.07) is 15.7. The van der Waals surface area contributed by atoms with Gasteiger partial charge in [-0.15, -0.1) is 11.8 Å². The molecule has 1 aromatic heterocycles. The van der Waals surface area contributed by atoms with Gasteiger partial charge in [0.15, 0.2) is 5.58 Å². The Bertz CT molecular complexity index is 774. The summed E-state index contributed by atoms with van der Waals surface area (Å²) < 4.78 is 6.86. The van der Waals surface area contributed by atoms with Gasteiger partial charge in [0.2, 0.25) is 0 Å². The van der Waals surface area contributed by atoms with Crippen LogP contribution < -0.4 is 5.73 Å². The van der Waals surface area contributed by atoms with Crippen molar-refractivity contribution >= 4 is 50.3 Å². The van der Waals surface area contributed by atoms with E-state index in [1.165, 1.54) is 4.90 Å². The van der Waals surface area contributed by atoms with E-state index < -0.39 is 0 Å². The Morgan fingerprint density at radius 3 is 2.76 bits per heavy atom. The number of hydrogen-bond donors (Lipinski definition) is 1. The Hall–Kier alpha value is -0.940. The second kappa shape index (κ2) is 6.44. The molecule has 0 amide bonds. The van der Waals surface area contributed by atoms with Gasteiger partial charge < -0.3 is 10.2 Å². The van der Waals surface area contributed by atoms with Crippen LogP contribution in [0.2, 0.25) is 5.02 Å². The molecular formula is C16H13BrClNOS. The topological polar surface area (TPSA) is 39.2 Å². The monoisotopic (exact) mass is 381 g/mol. The number of halogens is 2. The summed E-state index contributed by atoms with van der Waals surface area (Å²) in [7, 11) is 0. The maximum absolute atomic E-state index is 6.23. The van der Waals surface area contributed by atoms with Crippen LogP contribution in [0.25, 0.3) is 11.0 Å². The van der Waals surface area contributed by atoms with Crippen molar-refractivity contribution in [2.75, 3.05) is 5.75 Å². The van der Waals surface area contributed by atoms with Crippen LogP contribution >= 0.6 is 39.3 Å². The van der Waals surface area contributed by atoms with E-state index in [0.29, 0.717) is 10.6 Å². The van der Waals surface area contributed by atoms with E-state index in [0.717, 1.165) is 21.4 Å². The lowest BCUT2D eigenvalue weighted by Crippen LogP contribution is -2.11. The first-order chi connectivity index (χ1) is 10.1. The summed E-state index contributed by atoms with van der Waals surface area (Å²) >= 11 is 11.3. The Morgan fingerprint density at radius 1 is 1.19 bits per heavy atom. The number of fused-ring (bicyclic) bond motifs is 1. The maximum Gasteiger partial charge on any atom is 0.152 e. The normalized spacial score (nSPS) is 12.7. The third-order valence-electron chi connectivity index (χ3n) is 3.11. The molecule has 1 heterocycles. The Balaban J connectivity index is 1.75. The van der Waals surface area contributed by atoms with Crippen molar-refractivity contribution in [1.29, 1.82) is 0 Å². The third-order valence-corrected chi connectivity index (χ3v) is 5.01. The first-order valence-electron chi connectivity index (χ1n) is 6.45. The van der Waals surface area contributed by atoms with Gasteiger partial charge in [0.1, 0.15) is 5.76 Å². The summed E-state index contributed by atoms with van der Waals surface area (Å²) in [5.74, 6) is 1.51. The Morgan fingerprint density at radius 2 is 2.00 bits per heavy atom. The molecule has 3 rings (SSSR count). The molecule has 2 nitrogen and oxygen atoms in total. The first kappa shape index (κ1) is 15.0. The smallest absolute Gasteiger partial charge is 0.152 e. The molecule has 0 aliphatic heterocycles. The highest BCUT2D eigenvalue weighted by atomic mass is 79.9. The van der Waals surface area contributed by atoms with E-state index in [1.54, 1.807) is 11.8 Å². The lowest BCUT2D eigenvalue weighted by molar-refractivity contribution is 0.516. The summed E-state index contributed by atoms with van der Waals surface area (Å²) in [5, 5.41) is 1.60. The molecule has 3 aromatic rings. The molecule has 1 unspecified atom stereocenters.